The molecule has 1 aliphatic rings. The molecule has 0 aliphatic carbocycles. The molecule has 0 radical (unpaired) electrons. The number of aliphatic hydroxyl groups is 1. The summed E-state index contributed by atoms with van der Waals surface area (Å²) in [5, 5.41) is 9.63. The van der Waals surface area contributed by atoms with Crippen LogP contribution in [0.2, 0.25) is 0 Å². The van der Waals surface area contributed by atoms with Crippen LogP contribution in [0.4, 0.5) is 5.82 Å². The summed E-state index contributed by atoms with van der Waals surface area (Å²) in [5.74, 6) is 2.12. The highest BCUT2D eigenvalue weighted by molar-refractivity contribution is 8.00. The smallest absolute Gasteiger partial charge is 0.128 e. The third-order valence-corrected chi connectivity index (χ3v) is 4.79. The molecule has 0 bridgehead atoms. The van der Waals surface area contributed by atoms with Gasteiger partial charge in [-0.25, -0.2) is 4.98 Å². The Morgan fingerprint density at radius 1 is 1.44 bits per heavy atom. The molecule has 1 aromatic heterocycles. The Morgan fingerprint density at radius 2 is 2.22 bits per heavy atom. The second-order valence-corrected chi connectivity index (χ2v) is 7.27. The molecule has 0 amide bonds. The normalized spacial score (nSPS) is 21.4. The highest BCUT2D eigenvalue weighted by Crippen LogP contribution is 2.32. The first kappa shape index (κ1) is 13.7. The van der Waals surface area contributed by atoms with Crippen molar-refractivity contribution in [3.63, 3.8) is 0 Å². The van der Waals surface area contributed by atoms with Crippen LogP contribution >= 0.6 is 11.8 Å². The van der Waals surface area contributed by atoms with Gasteiger partial charge in [0.05, 0.1) is 6.10 Å². The Hall–Kier alpha value is -0.740. The molecule has 0 spiro atoms. The number of anilines is 1. The van der Waals surface area contributed by atoms with Crippen LogP contribution in [-0.4, -0.2) is 33.7 Å². The first-order chi connectivity index (χ1) is 8.48. The number of aromatic nitrogens is 1. The van der Waals surface area contributed by atoms with Crippen molar-refractivity contribution in [2.45, 2.75) is 38.0 Å². The lowest BCUT2D eigenvalue weighted by molar-refractivity contribution is 0.199. The average molecular weight is 266 g/mol. The maximum absolute atomic E-state index is 9.63. The van der Waals surface area contributed by atoms with Crippen LogP contribution in [0, 0.1) is 0 Å². The van der Waals surface area contributed by atoms with Crippen LogP contribution in [0.25, 0.3) is 0 Å². The zero-order chi connectivity index (χ0) is 13.2. The van der Waals surface area contributed by atoms with Crippen molar-refractivity contribution in [1.82, 2.24) is 4.98 Å². The molecule has 0 unspecified atom stereocenters. The Kier molecular flexibility index (Phi) is 4.17. The molecule has 1 fully saturated rings. The first-order valence-electron chi connectivity index (χ1n) is 6.51. The van der Waals surface area contributed by atoms with Crippen molar-refractivity contribution in [2.75, 3.05) is 23.7 Å². The topological polar surface area (TPSA) is 36.4 Å². The maximum Gasteiger partial charge on any atom is 0.128 e. The van der Waals surface area contributed by atoms with E-state index in [9.17, 15) is 5.11 Å². The van der Waals surface area contributed by atoms with Crippen molar-refractivity contribution < 1.29 is 5.11 Å². The molecule has 0 saturated carbocycles. The Balaban J connectivity index is 2.13. The molecule has 2 rings (SSSR count). The monoisotopic (exact) mass is 266 g/mol. The van der Waals surface area contributed by atoms with E-state index in [-0.39, 0.29) is 0 Å². The van der Waals surface area contributed by atoms with Gasteiger partial charge in [0.2, 0.25) is 0 Å². The van der Waals surface area contributed by atoms with Gasteiger partial charge >= 0.3 is 0 Å². The molecule has 1 atom stereocenters. The lowest BCUT2D eigenvalue weighted by Crippen LogP contribution is -2.27. The fourth-order valence-corrected chi connectivity index (χ4v) is 3.22. The van der Waals surface area contributed by atoms with Crippen LogP contribution in [-0.2, 0) is 0 Å². The SMILES string of the molecule is C[C@@H](O)c1ccnc(N2CCSC(C)(C)CC2)c1. The number of nitrogens with zero attached hydrogens (tertiary/aromatic N) is 2. The summed E-state index contributed by atoms with van der Waals surface area (Å²) in [6.45, 7) is 8.47. The third kappa shape index (κ3) is 3.39. The van der Waals surface area contributed by atoms with Crippen LogP contribution in [0.5, 0.6) is 0 Å². The van der Waals surface area contributed by atoms with Gasteiger partial charge in [-0.05, 0) is 31.0 Å². The van der Waals surface area contributed by atoms with Crippen molar-refractivity contribution in [1.29, 1.82) is 0 Å². The predicted octanol–water partition coefficient (Wildman–Crippen LogP) is 2.86. The second-order valence-electron chi connectivity index (χ2n) is 5.47. The number of hydrogen-bond donors (Lipinski definition) is 1. The number of aliphatic hydroxyl groups excluding tert-OH is 1. The summed E-state index contributed by atoms with van der Waals surface area (Å²) < 4.78 is 0.358. The van der Waals surface area contributed by atoms with E-state index in [0.717, 1.165) is 36.6 Å². The summed E-state index contributed by atoms with van der Waals surface area (Å²) in [5.41, 5.74) is 0.941. The van der Waals surface area contributed by atoms with Crippen LogP contribution in [0.1, 0.15) is 38.9 Å². The first-order valence-corrected chi connectivity index (χ1v) is 7.49. The highest BCUT2D eigenvalue weighted by Gasteiger charge is 2.24. The molecule has 1 saturated heterocycles. The highest BCUT2D eigenvalue weighted by atomic mass is 32.2. The standard InChI is InChI=1S/C14H22N2OS/c1-11(17)12-4-6-15-13(10-12)16-7-5-14(2,3)18-9-8-16/h4,6,10-11,17H,5,7-9H2,1-3H3/t11-/m1/s1. The van der Waals surface area contributed by atoms with Gasteiger partial charge in [-0.3, -0.25) is 0 Å². The van der Waals surface area contributed by atoms with Gasteiger partial charge in [-0.2, -0.15) is 11.8 Å². The molecule has 18 heavy (non-hydrogen) atoms. The third-order valence-electron chi connectivity index (χ3n) is 3.41. The molecule has 2 heterocycles. The molecular formula is C14H22N2OS. The lowest BCUT2D eigenvalue weighted by Gasteiger charge is -2.23. The van der Waals surface area contributed by atoms with Gasteiger partial charge in [0.15, 0.2) is 0 Å². The summed E-state index contributed by atoms with van der Waals surface area (Å²) >= 11 is 2.03. The van der Waals surface area contributed by atoms with E-state index in [0.29, 0.717) is 4.75 Å². The zero-order valence-corrected chi connectivity index (χ0v) is 12.2. The molecule has 1 aliphatic heterocycles. The fraction of sp³-hybridized carbons (Fsp3) is 0.643. The van der Waals surface area contributed by atoms with E-state index in [4.69, 9.17) is 0 Å². The molecule has 1 aromatic rings. The zero-order valence-electron chi connectivity index (χ0n) is 11.4. The van der Waals surface area contributed by atoms with Crippen molar-refractivity contribution in [3.05, 3.63) is 23.9 Å². The van der Waals surface area contributed by atoms with E-state index < -0.39 is 6.10 Å². The van der Waals surface area contributed by atoms with Crippen LogP contribution in [0.15, 0.2) is 18.3 Å². The quantitative estimate of drug-likeness (QED) is 0.893. The van der Waals surface area contributed by atoms with Crippen LogP contribution < -0.4 is 4.90 Å². The Bertz CT molecular complexity index is 407. The summed E-state index contributed by atoms with van der Waals surface area (Å²) in [6.07, 6.45) is 2.53. The second kappa shape index (κ2) is 5.49. The average Bonchev–Trinajstić information content (AvgIpc) is 2.50. The largest absolute Gasteiger partial charge is 0.389 e. The van der Waals surface area contributed by atoms with E-state index in [1.165, 1.54) is 0 Å². The molecule has 4 heteroatoms. The van der Waals surface area contributed by atoms with Crippen molar-refractivity contribution in [3.8, 4) is 0 Å². The summed E-state index contributed by atoms with van der Waals surface area (Å²) in [6, 6.07) is 3.89. The number of hydrogen-bond acceptors (Lipinski definition) is 4. The van der Waals surface area contributed by atoms with E-state index in [2.05, 4.69) is 23.7 Å². The molecular weight excluding hydrogens is 244 g/mol. The molecule has 0 aromatic carbocycles. The summed E-state index contributed by atoms with van der Waals surface area (Å²) in [4.78, 5) is 6.77. The number of rotatable bonds is 2. The van der Waals surface area contributed by atoms with E-state index >= 15 is 0 Å². The summed E-state index contributed by atoms with van der Waals surface area (Å²) in [7, 11) is 0. The van der Waals surface area contributed by atoms with Gasteiger partial charge in [0.1, 0.15) is 5.82 Å². The van der Waals surface area contributed by atoms with Crippen LogP contribution in [0.3, 0.4) is 0 Å². The van der Waals surface area contributed by atoms with Gasteiger partial charge < -0.3 is 10.0 Å². The minimum absolute atomic E-state index is 0.358. The van der Waals surface area contributed by atoms with E-state index in [1.54, 1.807) is 13.1 Å². The minimum Gasteiger partial charge on any atom is -0.389 e. The molecule has 1 N–H and O–H groups in total. The Morgan fingerprint density at radius 3 is 2.94 bits per heavy atom. The van der Waals surface area contributed by atoms with Gasteiger partial charge in [-0.1, -0.05) is 13.8 Å². The molecule has 100 valence electrons. The molecule has 3 nitrogen and oxygen atoms in total. The van der Waals surface area contributed by atoms with Gasteiger partial charge in [0.25, 0.3) is 0 Å². The number of pyridine rings is 1. The maximum atomic E-state index is 9.63. The van der Waals surface area contributed by atoms with Gasteiger partial charge in [0, 0.05) is 29.8 Å². The minimum atomic E-state index is -0.426. The fourth-order valence-electron chi connectivity index (χ4n) is 2.12. The lowest BCUT2D eigenvalue weighted by atomic mass is 10.1. The van der Waals surface area contributed by atoms with Crippen molar-refractivity contribution >= 4 is 17.6 Å². The van der Waals surface area contributed by atoms with Gasteiger partial charge in [-0.15, -0.1) is 0 Å². The van der Waals surface area contributed by atoms with Crippen molar-refractivity contribution in [2.24, 2.45) is 0 Å². The Labute approximate surface area is 114 Å². The van der Waals surface area contributed by atoms with E-state index in [1.807, 2.05) is 23.9 Å². The number of thioether (sulfide) groups is 1. The predicted molar refractivity (Wildman–Crippen MR) is 78.2 cm³/mol.